The molecule has 0 bridgehead atoms. The average Bonchev–Trinajstić information content (AvgIpc) is 3.15. The number of fused-ring (bicyclic) bond motifs is 1. The van der Waals surface area contributed by atoms with Crippen molar-refractivity contribution in [1.29, 1.82) is 0 Å². The summed E-state index contributed by atoms with van der Waals surface area (Å²) in [5.41, 5.74) is 1.26. The molecule has 0 saturated carbocycles. The Morgan fingerprint density at radius 1 is 1.04 bits per heavy atom. The summed E-state index contributed by atoms with van der Waals surface area (Å²) >= 11 is 1.40. The molecule has 5 heteroatoms. The van der Waals surface area contributed by atoms with E-state index >= 15 is 0 Å². The van der Waals surface area contributed by atoms with Crippen LogP contribution in [0.25, 0.3) is 10.8 Å². The van der Waals surface area contributed by atoms with Crippen LogP contribution in [0.15, 0.2) is 71.7 Å². The molecule has 1 amide bonds. The molecule has 0 aromatic heterocycles. The lowest BCUT2D eigenvalue weighted by Gasteiger charge is -2.18. The number of thioether (sulfide) groups is 1. The van der Waals surface area contributed by atoms with Gasteiger partial charge in [-0.05, 0) is 34.5 Å². The predicted molar refractivity (Wildman–Crippen MR) is 105 cm³/mol. The summed E-state index contributed by atoms with van der Waals surface area (Å²) in [5, 5.41) is 2.80. The third-order valence-corrected chi connectivity index (χ3v) is 5.42. The molecule has 130 valence electrons. The summed E-state index contributed by atoms with van der Waals surface area (Å²) in [4.78, 5) is 19.1. The zero-order chi connectivity index (χ0) is 17.9. The van der Waals surface area contributed by atoms with Gasteiger partial charge in [-0.25, -0.2) is 4.39 Å². The topological polar surface area (TPSA) is 32.7 Å². The first kappa shape index (κ1) is 16.8. The quantitative estimate of drug-likeness (QED) is 0.673. The standard InChI is InChI=1S/C21H17FN2OS/c22-19-8-4-3-7-18(19)14-26-21-23-11-12-24(21)20(25)17-10-9-15-5-1-2-6-16(15)13-17/h1-10,13H,11-12,14H2. The van der Waals surface area contributed by atoms with E-state index in [0.717, 1.165) is 10.8 Å². The first-order chi connectivity index (χ1) is 12.7. The highest BCUT2D eigenvalue weighted by atomic mass is 32.2. The van der Waals surface area contributed by atoms with Gasteiger partial charge in [-0.1, -0.05) is 60.3 Å². The summed E-state index contributed by atoms with van der Waals surface area (Å²) in [6.45, 7) is 1.14. The molecule has 0 radical (unpaired) electrons. The Bertz CT molecular complexity index is 1000. The molecule has 26 heavy (non-hydrogen) atoms. The molecule has 1 aliphatic rings. The van der Waals surface area contributed by atoms with E-state index in [2.05, 4.69) is 4.99 Å². The fourth-order valence-electron chi connectivity index (χ4n) is 2.97. The minimum atomic E-state index is -0.231. The number of amidine groups is 1. The van der Waals surface area contributed by atoms with Crippen LogP contribution in [0.4, 0.5) is 4.39 Å². The molecule has 3 aromatic rings. The molecule has 0 N–H and O–H groups in total. The van der Waals surface area contributed by atoms with Gasteiger partial charge in [0.1, 0.15) is 5.82 Å². The molecular weight excluding hydrogens is 347 g/mol. The van der Waals surface area contributed by atoms with Crippen LogP contribution in [-0.2, 0) is 5.75 Å². The molecule has 1 heterocycles. The number of hydrogen-bond donors (Lipinski definition) is 0. The van der Waals surface area contributed by atoms with Crippen LogP contribution < -0.4 is 0 Å². The average molecular weight is 364 g/mol. The maximum Gasteiger partial charge on any atom is 0.259 e. The molecule has 4 rings (SSSR count). The van der Waals surface area contributed by atoms with Crippen LogP contribution in [0.3, 0.4) is 0 Å². The van der Waals surface area contributed by atoms with Crippen molar-refractivity contribution in [2.24, 2.45) is 4.99 Å². The van der Waals surface area contributed by atoms with Crippen LogP contribution in [0, 0.1) is 5.82 Å². The molecule has 3 nitrogen and oxygen atoms in total. The molecule has 0 unspecified atom stereocenters. The van der Waals surface area contributed by atoms with Crippen molar-refractivity contribution in [3.63, 3.8) is 0 Å². The molecule has 3 aromatic carbocycles. The largest absolute Gasteiger partial charge is 0.286 e. The van der Waals surface area contributed by atoms with Crippen molar-refractivity contribution in [3.8, 4) is 0 Å². The number of rotatable bonds is 3. The number of aliphatic imine (C=N–C) groups is 1. The molecular formula is C21H17FN2OS. The Morgan fingerprint density at radius 3 is 2.65 bits per heavy atom. The number of hydrogen-bond acceptors (Lipinski definition) is 3. The van der Waals surface area contributed by atoms with Gasteiger partial charge in [0.25, 0.3) is 5.91 Å². The number of carbonyl (C=O) groups excluding carboxylic acids is 1. The van der Waals surface area contributed by atoms with Gasteiger partial charge in [0.15, 0.2) is 5.17 Å². The van der Waals surface area contributed by atoms with Crippen molar-refractivity contribution in [2.75, 3.05) is 13.1 Å². The molecule has 0 spiro atoms. The Labute approximate surface area is 155 Å². The predicted octanol–water partition coefficient (Wildman–Crippen LogP) is 4.72. The van der Waals surface area contributed by atoms with Crippen molar-refractivity contribution >= 4 is 33.6 Å². The van der Waals surface area contributed by atoms with Gasteiger partial charge in [0.2, 0.25) is 0 Å². The van der Waals surface area contributed by atoms with E-state index in [1.54, 1.807) is 17.0 Å². The highest BCUT2D eigenvalue weighted by molar-refractivity contribution is 8.13. The van der Waals surface area contributed by atoms with Crippen LogP contribution in [0.1, 0.15) is 15.9 Å². The maximum atomic E-state index is 13.8. The maximum absolute atomic E-state index is 13.8. The Balaban J connectivity index is 1.51. The van der Waals surface area contributed by atoms with E-state index in [4.69, 9.17) is 0 Å². The Hall–Kier alpha value is -2.66. The van der Waals surface area contributed by atoms with Gasteiger partial charge in [0.05, 0.1) is 6.54 Å². The van der Waals surface area contributed by atoms with E-state index in [1.807, 2.05) is 48.5 Å². The lowest BCUT2D eigenvalue weighted by Crippen LogP contribution is -2.32. The molecule has 0 saturated heterocycles. The fourth-order valence-corrected chi connectivity index (χ4v) is 4.01. The number of halogens is 1. The van der Waals surface area contributed by atoms with E-state index < -0.39 is 0 Å². The normalized spacial score (nSPS) is 13.9. The van der Waals surface area contributed by atoms with Crippen LogP contribution in [0.5, 0.6) is 0 Å². The lowest BCUT2D eigenvalue weighted by molar-refractivity contribution is 0.0861. The minimum Gasteiger partial charge on any atom is -0.286 e. The highest BCUT2D eigenvalue weighted by Crippen LogP contribution is 2.24. The third kappa shape index (κ3) is 3.35. The van der Waals surface area contributed by atoms with Crippen molar-refractivity contribution in [2.45, 2.75) is 5.75 Å². The monoisotopic (exact) mass is 364 g/mol. The van der Waals surface area contributed by atoms with Crippen molar-refractivity contribution < 1.29 is 9.18 Å². The van der Waals surface area contributed by atoms with Crippen molar-refractivity contribution in [1.82, 2.24) is 4.90 Å². The lowest BCUT2D eigenvalue weighted by atomic mass is 10.1. The van der Waals surface area contributed by atoms with Gasteiger partial charge in [-0.15, -0.1) is 0 Å². The second-order valence-corrected chi connectivity index (χ2v) is 7.01. The van der Waals surface area contributed by atoms with Crippen molar-refractivity contribution in [3.05, 3.63) is 83.7 Å². The van der Waals surface area contributed by atoms with Gasteiger partial charge in [-0.3, -0.25) is 14.7 Å². The third-order valence-electron chi connectivity index (χ3n) is 4.36. The zero-order valence-corrected chi connectivity index (χ0v) is 14.9. The minimum absolute atomic E-state index is 0.0620. The van der Waals surface area contributed by atoms with E-state index in [9.17, 15) is 9.18 Å². The number of nitrogens with zero attached hydrogens (tertiary/aromatic N) is 2. The first-order valence-corrected chi connectivity index (χ1v) is 9.42. The molecule has 1 aliphatic heterocycles. The summed E-state index contributed by atoms with van der Waals surface area (Å²) in [6, 6.07) is 20.4. The summed E-state index contributed by atoms with van der Waals surface area (Å²) < 4.78 is 13.8. The Kier molecular flexibility index (Phi) is 4.71. The van der Waals surface area contributed by atoms with Gasteiger partial charge < -0.3 is 0 Å². The zero-order valence-electron chi connectivity index (χ0n) is 14.1. The number of benzene rings is 3. The fraction of sp³-hybridized carbons (Fsp3) is 0.143. The SMILES string of the molecule is O=C(c1ccc2ccccc2c1)N1CCN=C1SCc1ccccc1F. The highest BCUT2D eigenvalue weighted by Gasteiger charge is 2.25. The van der Waals surface area contributed by atoms with E-state index in [0.29, 0.717) is 35.1 Å². The van der Waals surface area contributed by atoms with Gasteiger partial charge in [-0.2, -0.15) is 0 Å². The van der Waals surface area contributed by atoms with E-state index in [-0.39, 0.29) is 11.7 Å². The number of amides is 1. The molecule has 0 atom stereocenters. The summed E-state index contributed by atoms with van der Waals surface area (Å²) in [5.74, 6) is 0.159. The van der Waals surface area contributed by atoms with Crippen LogP contribution >= 0.6 is 11.8 Å². The second kappa shape index (κ2) is 7.30. The van der Waals surface area contributed by atoms with E-state index in [1.165, 1.54) is 17.8 Å². The summed E-state index contributed by atoms with van der Waals surface area (Å²) in [6.07, 6.45) is 0. The van der Waals surface area contributed by atoms with Gasteiger partial charge >= 0.3 is 0 Å². The van der Waals surface area contributed by atoms with Crippen LogP contribution in [0.2, 0.25) is 0 Å². The smallest absolute Gasteiger partial charge is 0.259 e. The van der Waals surface area contributed by atoms with Gasteiger partial charge in [0, 0.05) is 17.9 Å². The number of carbonyl (C=O) groups is 1. The molecule has 0 fully saturated rings. The molecule has 0 aliphatic carbocycles. The van der Waals surface area contributed by atoms with Crippen LogP contribution in [-0.4, -0.2) is 29.1 Å². The Morgan fingerprint density at radius 2 is 1.81 bits per heavy atom. The first-order valence-electron chi connectivity index (χ1n) is 8.44. The summed E-state index contributed by atoms with van der Waals surface area (Å²) in [7, 11) is 0. The second-order valence-electron chi connectivity index (χ2n) is 6.06.